The van der Waals surface area contributed by atoms with Gasteiger partial charge in [-0.25, -0.2) is 4.68 Å². The van der Waals surface area contributed by atoms with E-state index in [9.17, 15) is 26.3 Å². The second-order valence-electron chi connectivity index (χ2n) is 8.11. The maximum atomic E-state index is 14.4. The molecular formula is C24H13Cl2F6N3O. The van der Waals surface area contributed by atoms with Gasteiger partial charge in [0.15, 0.2) is 5.69 Å². The molecule has 4 nitrogen and oxygen atoms in total. The summed E-state index contributed by atoms with van der Waals surface area (Å²) < 4.78 is 83.3. The van der Waals surface area contributed by atoms with E-state index in [1.807, 2.05) is 0 Å². The van der Waals surface area contributed by atoms with E-state index in [2.05, 4.69) is 10.3 Å². The lowest BCUT2D eigenvalue weighted by atomic mass is 9.85. The van der Waals surface area contributed by atoms with E-state index in [-0.39, 0.29) is 21.3 Å². The van der Waals surface area contributed by atoms with Gasteiger partial charge in [-0.1, -0.05) is 58.7 Å². The molecular weight excluding hydrogens is 531 g/mol. The van der Waals surface area contributed by atoms with Gasteiger partial charge in [-0.05, 0) is 35.7 Å². The summed E-state index contributed by atoms with van der Waals surface area (Å²) in [4.78, 5) is 5.08. The number of alkyl halides is 6. The van der Waals surface area contributed by atoms with E-state index < -0.39 is 30.1 Å². The van der Waals surface area contributed by atoms with Gasteiger partial charge < -0.3 is 4.84 Å². The molecule has 12 heteroatoms. The Morgan fingerprint density at radius 2 is 1.53 bits per heavy atom. The normalized spacial score (nSPS) is 18.4. The molecule has 0 spiro atoms. The van der Waals surface area contributed by atoms with E-state index in [4.69, 9.17) is 28.0 Å². The second kappa shape index (κ2) is 8.41. The van der Waals surface area contributed by atoms with E-state index >= 15 is 0 Å². The number of halogens is 8. The highest BCUT2D eigenvalue weighted by Crippen LogP contribution is 2.50. The molecule has 0 fully saturated rings. The SMILES string of the molecule is FC(F)(F)c1ccn(-c2ccc(C3=NOC(c4cc(Cl)cc(Cl)c4)(C(F)(F)F)C3)c3ccccc23)n1. The molecule has 0 aliphatic carbocycles. The first-order valence-corrected chi connectivity index (χ1v) is 11.1. The molecule has 1 unspecified atom stereocenters. The molecule has 0 bridgehead atoms. The molecule has 1 aromatic heterocycles. The standard InChI is InChI=1S/C24H13Cl2F6N3O/c25-14-9-13(10-15(26)11-14)22(24(30,31)32)12-19(34-36-22)17-5-6-20(18-4-2-1-3-16(17)18)35-8-7-21(33-35)23(27,28)29/h1-11H,12H2. The molecule has 1 atom stereocenters. The van der Waals surface area contributed by atoms with Crippen LogP contribution >= 0.6 is 23.2 Å². The summed E-state index contributed by atoms with van der Waals surface area (Å²) in [6, 6.07) is 13.9. The maximum Gasteiger partial charge on any atom is 0.435 e. The smallest absolute Gasteiger partial charge is 0.374 e. The Labute approximate surface area is 209 Å². The Morgan fingerprint density at radius 3 is 2.14 bits per heavy atom. The van der Waals surface area contributed by atoms with Crippen LogP contribution in [0.4, 0.5) is 26.3 Å². The third-order valence-corrected chi connectivity index (χ3v) is 6.29. The molecule has 0 N–H and O–H groups in total. The molecule has 0 saturated carbocycles. The van der Waals surface area contributed by atoms with Gasteiger partial charge in [-0.3, -0.25) is 0 Å². The Balaban J connectivity index is 1.60. The molecule has 5 rings (SSSR count). The first kappa shape index (κ1) is 24.5. The zero-order chi connectivity index (χ0) is 25.9. The highest BCUT2D eigenvalue weighted by molar-refractivity contribution is 6.34. The molecule has 0 saturated heterocycles. The van der Waals surface area contributed by atoms with Crippen LogP contribution in [0.2, 0.25) is 10.0 Å². The lowest BCUT2D eigenvalue weighted by molar-refractivity contribution is -0.275. The number of nitrogens with zero attached hydrogens (tertiary/aromatic N) is 3. The topological polar surface area (TPSA) is 39.4 Å². The predicted octanol–water partition coefficient (Wildman–Crippen LogP) is 7.93. The van der Waals surface area contributed by atoms with E-state index in [1.54, 1.807) is 24.3 Å². The Kier molecular flexibility index (Phi) is 5.72. The summed E-state index contributed by atoms with van der Waals surface area (Å²) in [5, 5.41) is 8.33. The molecule has 0 radical (unpaired) electrons. The predicted molar refractivity (Wildman–Crippen MR) is 123 cm³/mol. The Bertz CT molecular complexity index is 1490. The van der Waals surface area contributed by atoms with Crippen molar-refractivity contribution in [1.29, 1.82) is 0 Å². The Morgan fingerprint density at radius 1 is 0.861 bits per heavy atom. The van der Waals surface area contributed by atoms with Crippen molar-refractivity contribution < 1.29 is 31.2 Å². The van der Waals surface area contributed by atoms with Crippen molar-refractivity contribution in [1.82, 2.24) is 9.78 Å². The minimum absolute atomic E-state index is 0.00242. The van der Waals surface area contributed by atoms with Gasteiger partial charge in [-0.15, -0.1) is 0 Å². The molecule has 0 amide bonds. The molecule has 1 aliphatic rings. The van der Waals surface area contributed by atoms with Gasteiger partial charge in [-0.2, -0.15) is 31.4 Å². The molecule has 36 heavy (non-hydrogen) atoms. The van der Waals surface area contributed by atoms with Crippen LogP contribution in [0.3, 0.4) is 0 Å². The summed E-state index contributed by atoms with van der Waals surface area (Å²) in [6.45, 7) is 0. The second-order valence-corrected chi connectivity index (χ2v) is 8.98. The first-order valence-electron chi connectivity index (χ1n) is 10.3. The van der Waals surface area contributed by atoms with Crippen LogP contribution < -0.4 is 0 Å². The zero-order valence-electron chi connectivity index (χ0n) is 17.8. The lowest BCUT2D eigenvalue weighted by Gasteiger charge is -2.29. The molecule has 186 valence electrons. The van der Waals surface area contributed by atoms with Crippen LogP contribution in [0, 0.1) is 0 Å². The summed E-state index contributed by atoms with van der Waals surface area (Å²) >= 11 is 11.9. The fraction of sp³-hybridized carbons (Fsp3) is 0.167. The number of hydrogen-bond acceptors (Lipinski definition) is 3. The van der Waals surface area contributed by atoms with Gasteiger partial charge in [0.2, 0.25) is 0 Å². The maximum absolute atomic E-state index is 14.4. The molecule has 4 aromatic rings. The van der Waals surface area contributed by atoms with Crippen LogP contribution in [-0.2, 0) is 16.6 Å². The monoisotopic (exact) mass is 543 g/mol. The summed E-state index contributed by atoms with van der Waals surface area (Å²) in [5.74, 6) is 0. The van der Waals surface area contributed by atoms with Crippen molar-refractivity contribution in [2.24, 2.45) is 5.16 Å². The third-order valence-electron chi connectivity index (χ3n) is 5.85. The van der Waals surface area contributed by atoms with Gasteiger partial charge in [0, 0.05) is 39.2 Å². The van der Waals surface area contributed by atoms with Gasteiger partial charge in [0.05, 0.1) is 11.4 Å². The number of benzene rings is 3. The van der Waals surface area contributed by atoms with Crippen molar-refractivity contribution in [3.8, 4) is 5.69 Å². The van der Waals surface area contributed by atoms with Gasteiger partial charge in [0.25, 0.3) is 5.60 Å². The minimum Gasteiger partial charge on any atom is -0.374 e. The van der Waals surface area contributed by atoms with Crippen molar-refractivity contribution in [2.45, 2.75) is 24.4 Å². The summed E-state index contributed by atoms with van der Waals surface area (Å²) in [5.41, 5.74) is -3.55. The highest BCUT2D eigenvalue weighted by Gasteiger charge is 2.62. The van der Waals surface area contributed by atoms with Crippen LogP contribution in [0.15, 0.2) is 72.0 Å². The minimum atomic E-state index is -4.87. The van der Waals surface area contributed by atoms with E-state index in [0.29, 0.717) is 22.0 Å². The van der Waals surface area contributed by atoms with Crippen molar-refractivity contribution in [3.63, 3.8) is 0 Å². The Hall–Kier alpha value is -3.24. The fourth-order valence-electron chi connectivity index (χ4n) is 4.18. The van der Waals surface area contributed by atoms with Crippen LogP contribution in [0.5, 0.6) is 0 Å². The number of oxime groups is 1. The van der Waals surface area contributed by atoms with Crippen LogP contribution in [0.1, 0.15) is 23.2 Å². The van der Waals surface area contributed by atoms with Crippen molar-refractivity contribution in [2.75, 3.05) is 0 Å². The van der Waals surface area contributed by atoms with Crippen LogP contribution in [-0.4, -0.2) is 21.7 Å². The number of rotatable bonds is 3. The van der Waals surface area contributed by atoms with Crippen molar-refractivity contribution in [3.05, 3.63) is 93.7 Å². The quantitative estimate of drug-likeness (QED) is 0.246. The van der Waals surface area contributed by atoms with Crippen molar-refractivity contribution >= 4 is 39.7 Å². The average Bonchev–Trinajstić information content (AvgIpc) is 3.46. The first-order chi connectivity index (χ1) is 16.9. The third kappa shape index (κ3) is 4.08. The van der Waals surface area contributed by atoms with Gasteiger partial charge in [0.1, 0.15) is 0 Å². The highest BCUT2D eigenvalue weighted by atomic mass is 35.5. The number of hydrogen-bond donors (Lipinski definition) is 0. The fourth-order valence-corrected chi connectivity index (χ4v) is 4.71. The van der Waals surface area contributed by atoms with Gasteiger partial charge >= 0.3 is 12.4 Å². The number of aromatic nitrogens is 2. The van der Waals surface area contributed by atoms with E-state index in [1.165, 1.54) is 18.2 Å². The average molecular weight is 544 g/mol. The number of fused-ring (bicyclic) bond motifs is 1. The molecule has 1 aliphatic heterocycles. The van der Waals surface area contributed by atoms with E-state index in [0.717, 1.165) is 29.1 Å². The molecule has 2 heterocycles. The summed E-state index contributed by atoms with van der Waals surface area (Å²) in [7, 11) is 0. The largest absolute Gasteiger partial charge is 0.435 e. The van der Waals surface area contributed by atoms with Crippen LogP contribution in [0.25, 0.3) is 16.5 Å². The molecule has 3 aromatic carbocycles. The zero-order valence-corrected chi connectivity index (χ0v) is 19.3. The lowest BCUT2D eigenvalue weighted by Crippen LogP contribution is -2.42. The summed E-state index contributed by atoms with van der Waals surface area (Å²) in [6.07, 6.45) is -9.00.